The zero-order chi connectivity index (χ0) is 26.4. The fourth-order valence-electron chi connectivity index (χ4n) is 5.23. The molecule has 1 unspecified atom stereocenters. The summed E-state index contributed by atoms with van der Waals surface area (Å²) in [6, 6.07) is 0. The van der Waals surface area contributed by atoms with Crippen molar-refractivity contribution in [3.8, 4) is 0 Å². The third kappa shape index (κ3) is 30.0. The molecular formula is C33H66O2S. The summed E-state index contributed by atoms with van der Waals surface area (Å²) < 4.78 is 0. The van der Waals surface area contributed by atoms with E-state index in [1.807, 2.05) is 11.8 Å². The monoisotopic (exact) mass is 526 g/mol. The van der Waals surface area contributed by atoms with Crippen LogP contribution in [-0.4, -0.2) is 22.1 Å². The van der Waals surface area contributed by atoms with E-state index < -0.39 is 5.97 Å². The van der Waals surface area contributed by atoms with E-state index in [0.717, 1.165) is 5.75 Å². The van der Waals surface area contributed by atoms with Gasteiger partial charge in [-0.25, -0.2) is 0 Å². The average molecular weight is 527 g/mol. The van der Waals surface area contributed by atoms with Crippen molar-refractivity contribution in [2.75, 3.05) is 5.75 Å². The lowest BCUT2D eigenvalue weighted by atomic mass is 10.0. The number of aliphatic carboxylic acids is 1. The second kappa shape index (κ2) is 31.0. The number of thioether (sulfide) groups is 1. The van der Waals surface area contributed by atoms with Gasteiger partial charge in [-0.2, -0.15) is 11.8 Å². The summed E-state index contributed by atoms with van der Waals surface area (Å²) >= 11 is 1.94. The first-order chi connectivity index (χ1) is 17.7. The van der Waals surface area contributed by atoms with Crippen molar-refractivity contribution < 1.29 is 9.90 Å². The van der Waals surface area contributed by atoms with Crippen LogP contribution in [0.15, 0.2) is 0 Å². The van der Waals surface area contributed by atoms with Crippen LogP contribution in [0.5, 0.6) is 0 Å². The predicted octanol–water partition coefficient (Wildman–Crippen LogP) is 12.1. The minimum absolute atomic E-state index is 0.318. The summed E-state index contributed by atoms with van der Waals surface area (Å²) in [5, 5.41) is 9.68. The maximum Gasteiger partial charge on any atom is 0.304 e. The van der Waals surface area contributed by atoms with E-state index in [-0.39, 0.29) is 0 Å². The van der Waals surface area contributed by atoms with Crippen LogP contribution in [0.25, 0.3) is 0 Å². The van der Waals surface area contributed by atoms with Crippen molar-refractivity contribution in [2.45, 2.75) is 199 Å². The molecule has 1 atom stereocenters. The minimum atomic E-state index is -0.646. The fourth-order valence-corrected chi connectivity index (χ4v) is 6.52. The number of rotatable bonds is 31. The highest BCUT2D eigenvalue weighted by molar-refractivity contribution is 7.99. The molecule has 2 nitrogen and oxygen atoms in total. The molecule has 0 aliphatic carbocycles. The Labute approximate surface area is 231 Å². The first-order valence-electron chi connectivity index (χ1n) is 16.5. The smallest absolute Gasteiger partial charge is 0.304 e. The fraction of sp³-hybridized carbons (Fsp3) is 0.970. The van der Waals surface area contributed by atoms with Crippen LogP contribution in [0.3, 0.4) is 0 Å². The third-order valence-electron chi connectivity index (χ3n) is 7.68. The zero-order valence-electron chi connectivity index (χ0n) is 24.8. The molecule has 0 aromatic heterocycles. The molecule has 0 radical (unpaired) electrons. The van der Waals surface area contributed by atoms with E-state index in [1.54, 1.807) is 0 Å². The molecule has 0 aromatic rings. The van der Waals surface area contributed by atoms with Crippen LogP contribution >= 0.6 is 11.8 Å². The first-order valence-corrected chi connectivity index (χ1v) is 17.6. The van der Waals surface area contributed by atoms with Gasteiger partial charge in [0, 0.05) is 11.0 Å². The normalized spacial score (nSPS) is 12.3. The molecule has 0 saturated heterocycles. The minimum Gasteiger partial charge on any atom is -0.481 e. The van der Waals surface area contributed by atoms with Crippen molar-refractivity contribution >= 4 is 17.7 Å². The van der Waals surface area contributed by atoms with Crippen LogP contribution < -0.4 is 0 Å². The molecule has 0 heterocycles. The lowest BCUT2D eigenvalue weighted by Gasteiger charge is -2.16. The summed E-state index contributed by atoms with van der Waals surface area (Å²) in [5.74, 6) is 0.142. The highest BCUT2D eigenvalue weighted by Crippen LogP contribution is 2.25. The van der Waals surface area contributed by atoms with E-state index in [2.05, 4.69) is 13.8 Å². The molecule has 1 N–H and O–H groups in total. The van der Waals surface area contributed by atoms with Gasteiger partial charge in [0.1, 0.15) is 0 Å². The molecule has 0 aliphatic rings. The molecule has 0 aromatic carbocycles. The molecule has 0 fully saturated rings. The molecule has 0 saturated carbocycles. The second-order valence-corrected chi connectivity index (χ2v) is 12.8. The third-order valence-corrected chi connectivity index (χ3v) is 9.06. The molecular weight excluding hydrogens is 460 g/mol. The zero-order valence-corrected chi connectivity index (χ0v) is 25.7. The van der Waals surface area contributed by atoms with Crippen molar-refractivity contribution in [1.29, 1.82) is 0 Å². The predicted molar refractivity (Wildman–Crippen MR) is 165 cm³/mol. The van der Waals surface area contributed by atoms with Gasteiger partial charge < -0.3 is 5.11 Å². The Kier molecular flexibility index (Phi) is 30.9. The van der Waals surface area contributed by atoms with E-state index >= 15 is 0 Å². The number of hydrogen-bond acceptors (Lipinski definition) is 2. The van der Waals surface area contributed by atoms with Crippen LogP contribution in [0.1, 0.15) is 194 Å². The van der Waals surface area contributed by atoms with E-state index in [0.29, 0.717) is 11.7 Å². The van der Waals surface area contributed by atoms with Crippen molar-refractivity contribution in [2.24, 2.45) is 0 Å². The van der Waals surface area contributed by atoms with Crippen LogP contribution in [0.4, 0.5) is 0 Å². The van der Waals surface area contributed by atoms with E-state index in [4.69, 9.17) is 5.11 Å². The largest absolute Gasteiger partial charge is 0.481 e. The molecule has 0 amide bonds. The molecule has 0 rings (SSSR count). The molecule has 216 valence electrons. The van der Waals surface area contributed by atoms with Crippen molar-refractivity contribution in [3.05, 3.63) is 0 Å². The Morgan fingerprint density at radius 1 is 0.500 bits per heavy atom. The number of carbonyl (C=O) groups is 1. The van der Waals surface area contributed by atoms with Gasteiger partial charge in [0.25, 0.3) is 0 Å². The van der Waals surface area contributed by atoms with Crippen molar-refractivity contribution in [3.63, 3.8) is 0 Å². The average Bonchev–Trinajstić information content (AvgIpc) is 2.86. The standard InChI is InChI=1S/C33H66O2S/c1-3-5-7-9-11-13-15-16-17-18-19-21-23-25-27-29-32(36-31-30-33(34)35)28-26-24-22-20-14-12-10-8-6-4-2/h32H,3-31H2,1-2H3,(H,34,35). The Balaban J connectivity index is 3.64. The van der Waals surface area contributed by atoms with Gasteiger partial charge in [-0.3, -0.25) is 4.79 Å². The lowest BCUT2D eigenvalue weighted by molar-refractivity contribution is -0.136. The van der Waals surface area contributed by atoms with Gasteiger partial charge in [0.05, 0.1) is 6.42 Å². The molecule has 36 heavy (non-hydrogen) atoms. The quantitative estimate of drug-likeness (QED) is 0.0912. The maximum atomic E-state index is 10.9. The number of hydrogen-bond donors (Lipinski definition) is 1. The SMILES string of the molecule is CCCCCCCCCCCCCCCCCC(CCCCCCCCCCCC)SCCC(=O)O. The van der Waals surface area contributed by atoms with Gasteiger partial charge >= 0.3 is 5.97 Å². The number of carboxylic acid groups (broad SMARTS) is 1. The number of carboxylic acids is 1. The Hall–Kier alpha value is -0.180. The first kappa shape index (κ1) is 35.8. The molecule has 0 aliphatic heterocycles. The van der Waals surface area contributed by atoms with Crippen LogP contribution in [-0.2, 0) is 4.79 Å². The highest BCUT2D eigenvalue weighted by Gasteiger charge is 2.10. The summed E-state index contributed by atoms with van der Waals surface area (Å²) in [6.45, 7) is 4.58. The topological polar surface area (TPSA) is 37.3 Å². The summed E-state index contributed by atoms with van der Waals surface area (Å²) in [5.41, 5.74) is 0. The summed E-state index contributed by atoms with van der Waals surface area (Å²) in [4.78, 5) is 10.9. The second-order valence-electron chi connectivity index (χ2n) is 11.3. The maximum absolute atomic E-state index is 10.9. The highest BCUT2D eigenvalue weighted by atomic mass is 32.2. The van der Waals surface area contributed by atoms with E-state index in [1.165, 1.54) is 173 Å². The summed E-state index contributed by atoms with van der Waals surface area (Å²) in [6.07, 6.45) is 38.1. The summed E-state index contributed by atoms with van der Waals surface area (Å²) in [7, 11) is 0. The van der Waals surface area contributed by atoms with Gasteiger partial charge in [-0.15, -0.1) is 0 Å². The van der Waals surface area contributed by atoms with Gasteiger partial charge in [0.2, 0.25) is 0 Å². The Morgan fingerprint density at radius 3 is 1.06 bits per heavy atom. The Bertz CT molecular complexity index is 426. The van der Waals surface area contributed by atoms with Crippen LogP contribution in [0.2, 0.25) is 0 Å². The van der Waals surface area contributed by atoms with Gasteiger partial charge in [0.15, 0.2) is 0 Å². The van der Waals surface area contributed by atoms with E-state index in [9.17, 15) is 4.79 Å². The van der Waals surface area contributed by atoms with Crippen molar-refractivity contribution in [1.82, 2.24) is 0 Å². The molecule has 0 bridgehead atoms. The molecule has 0 spiro atoms. The molecule has 3 heteroatoms. The number of unbranched alkanes of at least 4 members (excludes halogenated alkanes) is 23. The van der Waals surface area contributed by atoms with Crippen LogP contribution in [0, 0.1) is 0 Å². The Morgan fingerprint density at radius 2 is 0.778 bits per heavy atom. The lowest BCUT2D eigenvalue weighted by Crippen LogP contribution is -2.06. The van der Waals surface area contributed by atoms with Gasteiger partial charge in [-0.05, 0) is 12.8 Å². The van der Waals surface area contributed by atoms with Gasteiger partial charge in [-0.1, -0.05) is 174 Å².